The topological polar surface area (TPSA) is 40.6 Å². The van der Waals surface area contributed by atoms with E-state index in [9.17, 15) is 9.59 Å². The Bertz CT molecular complexity index is 214. The van der Waals surface area contributed by atoms with Gasteiger partial charge in [0.25, 0.3) is 0 Å². The SMILES string of the molecule is CCC(=O)C(C)N(C)CC(=O)N(C)C. The molecule has 0 N–H and O–H groups in total. The van der Waals surface area contributed by atoms with Crippen LogP contribution in [0.15, 0.2) is 0 Å². The monoisotopic (exact) mass is 200 g/mol. The number of Topliss-reactive ketones (excluding diaryl/α,β-unsaturated/α-hetero) is 1. The molecule has 0 aliphatic rings. The highest BCUT2D eigenvalue weighted by Gasteiger charge is 2.18. The number of likely N-dealkylation sites (N-methyl/N-ethyl adjacent to an activating group) is 2. The molecule has 0 bridgehead atoms. The van der Waals surface area contributed by atoms with Crippen molar-refractivity contribution >= 4 is 11.7 Å². The molecule has 0 spiro atoms. The Morgan fingerprint density at radius 3 is 2.07 bits per heavy atom. The first-order valence-electron chi connectivity index (χ1n) is 4.83. The first-order valence-corrected chi connectivity index (χ1v) is 4.83. The fraction of sp³-hybridized carbons (Fsp3) is 0.800. The Kier molecular flexibility index (Phi) is 5.38. The van der Waals surface area contributed by atoms with Crippen LogP contribution >= 0.6 is 0 Å². The summed E-state index contributed by atoms with van der Waals surface area (Å²) in [5, 5.41) is 0. The molecule has 0 radical (unpaired) electrons. The van der Waals surface area contributed by atoms with Crippen molar-refractivity contribution in [1.29, 1.82) is 0 Å². The van der Waals surface area contributed by atoms with E-state index in [1.807, 2.05) is 13.8 Å². The molecule has 0 aliphatic heterocycles. The van der Waals surface area contributed by atoms with Crippen molar-refractivity contribution in [3.05, 3.63) is 0 Å². The highest BCUT2D eigenvalue weighted by molar-refractivity contribution is 5.84. The molecule has 0 aromatic carbocycles. The van der Waals surface area contributed by atoms with Gasteiger partial charge < -0.3 is 4.90 Å². The average molecular weight is 200 g/mol. The third-order valence-corrected chi connectivity index (χ3v) is 2.36. The lowest BCUT2D eigenvalue weighted by Crippen LogP contribution is -2.42. The summed E-state index contributed by atoms with van der Waals surface area (Å²) >= 11 is 0. The fourth-order valence-electron chi connectivity index (χ4n) is 1.03. The van der Waals surface area contributed by atoms with E-state index in [2.05, 4.69) is 0 Å². The van der Waals surface area contributed by atoms with Gasteiger partial charge >= 0.3 is 0 Å². The number of carbonyl (C=O) groups excluding carboxylic acids is 2. The predicted octanol–water partition coefficient (Wildman–Crippen LogP) is 0.374. The maximum absolute atomic E-state index is 11.3. The van der Waals surface area contributed by atoms with Gasteiger partial charge in [-0.3, -0.25) is 14.5 Å². The van der Waals surface area contributed by atoms with Gasteiger partial charge in [0.05, 0.1) is 12.6 Å². The Hall–Kier alpha value is -0.900. The molecule has 0 fully saturated rings. The largest absolute Gasteiger partial charge is 0.348 e. The van der Waals surface area contributed by atoms with E-state index in [4.69, 9.17) is 0 Å². The normalized spacial score (nSPS) is 12.7. The highest BCUT2D eigenvalue weighted by atomic mass is 16.2. The first-order chi connectivity index (χ1) is 6.40. The zero-order valence-corrected chi connectivity index (χ0v) is 9.70. The molecule has 4 nitrogen and oxygen atoms in total. The minimum absolute atomic E-state index is 0.0169. The van der Waals surface area contributed by atoms with Gasteiger partial charge in [0.1, 0.15) is 5.78 Å². The van der Waals surface area contributed by atoms with Gasteiger partial charge in [0, 0.05) is 20.5 Å². The van der Waals surface area contributed by atoms with Gasteiger partial charge in [-0.2, -0.15) is 0 Å². The lowest BCUT2D eigenvalue weighted by Gasteiger charge is -2.23. The van der Waals surface area contributed by atoms with Crippen LogP contribution in [0.4, 0.5) is 0 Å². The van der Waals surface area contributed by atoms with Crippen LogP contribution in [0.2, 0.25) is 0 Å². The minimum atomic E-state index is -0.177. The predicted molar refractivity (Wildman–Crippen MR) is 56.1 cm³/mol. The minimum Gasteiger partial charge on any atom is -0.348 e. The van der Waals surface area contributed by atoms with Crippen molar-refractivity contribution in [1.82, 2.24) is 9.80 Å². The summed E-state index contributed by atoms with van der Waals surface area (Å²) in [6.07, 6.45) is 0.516. The van der Waals surface area contributed by atoms with E-state index in [-0.39, 0.29) is 17.7 Å². The zero-order valence-electron chi connectivity index (χ0n) is 9.70. The second-order valence-corrected chi connectivity index (χ2v) is 3.70. The third-order valence-electron chi connectivity index (χ3n) is 2.36. The van der Waals surface area contributed by atoms with E-state index in [1.54, 1.807) is 26.0 Å². The van der Waals surface area contributed by atoms with Crippen LogP contribution in [0.3, 0.4) is 0 Å². The number of hydrogen-bond acceptors (Lipinski definition) is 3. The lowest BCUT2D eigenvalue weighted by atomic mass is 10.1. The van der Waals surface area contributed by atoms with E-state index in [1.165, 1.54) is 4.90 Å². The van der Waals surface area contributed by atoms with Gasteiger partial charge in [-0.15, -0.1) is 0 Å². The number of nitrogens with zero attached hydrogens (tertiary/aromatic N) is 2. The summed E-state index contributed by atoms with van der Waals surface area (Å²) in [5.74, 6) is 0.183. The quantitative estimate of drug-likeness (QED) is 0.644. The molecule has 0 rings (SSSR count). The van der Waals surface area contributed by atoms with Crippen LogP contribution in [0.1, 0.15) is 20.3 Å². The number of amides is 1. The van der Waals surface area contributed by atoms with Crippen LogP contribution in [-0.2, 0) is 9.59 Å². The molecule has 0 aromatic rings. The third kappa shape index (κ3) is 3.87. The van der Waals surface area contributed by atoms with Crippen LogP contribution in [-0.4, -0.2) is 55.2 Å². The second kappa shape index (κ2) is 5.75. The van der Waals surface area contributed by atoms with Crippen LogP contribution in [0.5, 0.6) is 0 Å². The van der Waals surface area contributed by atoms with E-state index >= 15 is 0 Å². The molecular weight excluding hydrogens is 180 g/mol. The molecule has 14 heavy (non-hydrogen) atoms. The van der Waals surface area contributed by atoms with Crippen molar-refractivity contribution in [3.8, 4) is 0 Å². The molecule has 0 aliphatic carbocycles. The summed E-state index contributed by atoms with van der Waals surface area (Å²) in [6, 6.07) is -0.177. The summed E-state index contributed by atoms with van der Waals surface area (Å²) in [6.45, 7) is 3.95. The molecule has 1 amide bonds. The summed E-state index contributed by atoms with van der Waals surface area (Å²) < 4.78 is 0. The van der Waals surface area contributed by atoms with E-state index in [0.29, 0.717) is 13.0 Å². The standard InChI is InChI=1S/C10H20N2O2/c1-6-9(13)8(2)12(5)7-10(14)11(3)4/h8H,6-7H2,1-5H3. The molecule has 0 saturated carbocycles. The van der Waals surface area contributed by atoms with Crippen LogP contribution < -0.4 is 0 Å². The molecule has 0 saturated heterocycles. The van der Waals surface area contributed by atoms with Gasteiger partial charge in [-0.05, 0) is 14.0 Å². The van der Waals surface area contributed by atoms with Crippen molar-refractivity contribution in [2.75, 3.05) is 27.7 Å². The summed E-state index contributed by atoms with van der Waals surface area (Å²) in [7, 11) is 5.21. The average Bonchev–Trinajstić information content (AvgIpc) is 2.14. The number of carbonyl (C=O) groups is 2. The molecule has 0 heterocycles. The molecule has 4 heteroatoms. The Morgan fingerprint density at radius 2 is 1.71 bits per heavy atom. The number of rotatable bonds is 5. The fourth-order valence-corrected chi connectivity index (χ4v) is 1.03. The van der Waals surface area contributed by atoms with Crippen LogP contribution in [0, 0.1) is 0 Å². The summed E-state index contributed by atoms with van der Waals surface area (Å²) in [5.41, 5.74) is 0. The van der Waals surface area contributed by atoms with Gasteiger partial charge in [0.2, 0.25) is 5.91 Å². The maximum Gasteiger partial charge on any atom is 0.236 e. The van der Waals surface area contributed by atoms with Crippen molar-refractivity contribution in [2.24, 2.45) is 0 Å². The van der Waals surface area contributed by atoms with E-state index in [0.717, 1.165) is 0 Å². The molecular formula is C10H20N2O2. The van der Waals surface area contributed by atoms with Gasteiger partial charge in [-0.1, -0.05) is 6.92 Å². The van der Waals surface area contributed by atoms with Gasteiger partial charge in [-0.25, -0.2) is 0 Å². The Morgan fingerprint density at radius 1 is 1.21 bits per heavy atom. The van der Waals surface area contributed by atoms with E-state index < -0.39 is 0 Å². The lowest BCUT2D eigenvalue weighted by molar-refractivity contribution is -0.131. The molecule has 1 atom stereocenters. The smallest absolute Gasteiger partial charge is 0.236 e. The molecule has 0 aromatic heterocycles. The Balaban J connectivity index is 4.14. The highest BCUT2D eigenvalue weighted by Crippen LogP contribution is 2.00. The van der Waals surface area contributed by atoms with Gasteiger partial charge in [0.15, 0.2) is 0 Å². The number of ketones is 1. The Labute approximate surface area is 85.9 Å². The molecule has 1 unspecified atom stereocenters. The van der Waals surface area contributed by atoms with Crippen molar-refractivity contribution in [3.63, 3.8) is 0 Å². The first kappa shape index (κ1) is 13.1. The maximum atomic E-state index is 11.3. The van der Waals surface area contributed by atoms with Crippen molar-refractivity contribution < 1.29 is 9.59 Å². The van der Waals surface area contributed by atoms with Crippen molar-refractivity contribution in [2.45, 2.75) is 26.3 Å². The summed E-state index contributed by atoms with van der Waals surface area (Å²) in [4.78, 5) is 26.0. The second-order valence-electron chi connectivity index (χ2n) is 3.70. The zero-order chi connectivity index (χ0) is 11.3. The molecule has 82 valence electrons. The number of hydrogen-bond donors (Lipinski definition) is 0. The van der Waals surface area contributed by atoms with Crippen LogP contribution in [0.25, 0.3) is 0 Å².